The van der Waals surface area contributed by atoms with Gasteiger partial charge in [-0.15, -0.1) is 6.58 Å². The SMILES string of the molecule is C=CC[C@@H]1C=C(C)CC[C@@H]1O. The van der Waals surface area contributed by atoms with E-state index in [0.717, 1.165) is 19.3 Å². The average molecular weight is 152 g/mol. The third-order valence-corrected chi connectivity index (χ3v) is 2.27. The lowest BCUT2D eigenvalue weighted by atomic mass is 9.86. The first-order valence-corrected chi connectivity index (χ1v) is 4.20. The van der Waals surface area contributed by atoms with Crippen LogP contribution in [-0.2, 0) is 0 Å². The van der Waals surface area contributed by atoms with E-state index in [1.54, 1.807) is 0 Å². The molecule has 0 aromatic carbocycles. The minimum atomic E-state index is -0.142. The summed E-state index contributed by atoms with van der Waals surface area (Å²) in [5.74, 6) is 0.321. The van der Waals surface area contributed by atoms with Crippen molar-refractivity contribution in [3.8, 4) is 0 Å². The van der Waals surface area contributed by atoms with Gasteiger partial charge in [0.15, 0.2) is 0 Å². The maximum Gasteiger partial charge on any atom is 0.0608 e. The van der Waals surface area contributed by atoms with Crippen LogP contribution in [0.4, 0.5) is 0 Å². The molecule has 0 unspecified atom stereocenters. The fourth-order valence-corrected chi connectivity index (χ4v) is 1.57. The van der Waals surface area contributed by atoms with Gasteiger partial charge in [0.05, 0.1) is 6.10 Å². The monoisotopic (exact) mass is 152 g/mol. The molecule has 1 heteroatoms. The Balaban J connectivity index is 2.58. The van der Waals surface area contributed by atoms with E-state index < -0.39 is 0 Å². The molecule has 0 saturated heterocycles. The summed E-state index contributed by atoms with van der Waals surface area (Å²) in [5.41, 5.74) is 1.40. The summed E-state index contributed by atoms with van der Waals surface area (Å²) < 4.78 is 0. The minimum Gasteiger partial charge on any atom is -0.392 e. The Morgan fingerprint density at radius 2 is 2.55 bits per heavy atom. The van der Waals surface area contributed by atoms with E-state index in [9.17, 15) is 5.11 Å². The van der Waals surface area contributed by atoms with Gasteiger partial charge >= 0.3 is 0 Å². The predicted octanol–water partition coefficient (Wildman–Crippen LogP) is 2.28. The molecule has 0 aromatic rings. The van der Waals surface area contributed by atoms with Crippen LogP contribution >= 0.6 is 0 Å². The lowest BCUT2D eigenvalue weighted by Crippen LogP contribution is -2.21. The maximum atomic E-state index is 9.53. The molecule has 1 nitrogen and oxygen atoms in total. The van der Waals surface area contributed by atoms with E-state index in [-0.39, 0.29) is 6.10 Å². The van der Waals surface area contributed by atoms with Crippen LogP contribution < -0.4 is 0 Å². The van der Waals surface area contributed by atoms with Crippen molar-refractivity contribution in [2.45, 2.75) is 32.3 Å². The fourth-order valence-electron chi connectivity index (χ4n) is 1.57. The van der Waals surface area contributed by atoms with E-state index in [1.165, 1.54) is 5.57 Å². The molecule has 0 aromatic heterocycles. The van der Waals surface area contributed by atoms with Gasteiger partial charge in [-0.05, 0) is 26.2 Å². The molecule has 1 rings (SSSR count). The number of hydrogen-bond donors (Lipinski definition) is 1. The van der Waals surface area contributed by atoms with Crippen LogP contribution in [0.15, 0.2) is 24.3 Å². The lowest BCUT2D eigenvalue weighted by Gasteiger charge is -2.24. The first-order chi connectivity index (χ1) is 5.24. The lowest BCUT2D eigenvalue weighted by molar-refractivity contribution is 0.115. The number of rotatable bonds is 2. The summed E-state index contributed by atoms with van der Waals surface area (Å²) in [6, 6.07) is 0. The molecular formula is C10H16O. The third kappa shape index (κ3) is 2.19. The van der Waals surface area contributed by atoms with Crippen molar-refractivity contribution >= 4 is 0 Å². The van der Waals surface area contributed by atoms with E-state index in [1.807, 2.05) is 6.08 Å². The molecule has 0 amide bonds. The topological polar surface area (TPSA) is 20.2 Å². The summed E-state index contributed by atoms with van der Waals surface area (Å²) in [5, 5.41) is 9.53. The van der Waals surface area contributed by atoms with E-state index >= 15 is 0 Å². The molecule has 0 spiro atoms. The van der Waals surface area contributed by atoms with Crippen LogP contribution in [0.1, 0.15) is 26.2 Å². The molecule has 0 radical (unpaired) electrons. The molecule has 0 heterocycles. The van der Waals surface area contributed by atoms with Crippen LogP contribution in [0.2, 0.25) is 0 Å². The fraction of sp³-hybridized carbons (Fsp3) is 0.600. The quantitative estimate of drug-likeness (QED) is 0.602. The Labute approximate surface area is 68.4 Å². The van der Waals surface area contributed by atoms with E-state index in [2.05, 4.69) is 19.6 Å². The van der Waals surface area contributed by atoms with Crippen molar-refractivity contribution in [1.29, 1.82) is 0 Å². The number of aliphatic hydroxyl groups is 1. The molecule has 62 valence electrons. The first kappa shape index (κ1) is 8.54. The van der Waals surface area contributed by atoms with Crippen LogP contribution in [0, 0.1) is 5.92 Å². The van der Waals surface area contributed by atoms with Crippen molar-refractivity contribution in [1.82, 2.24) is 0 Å². The maximum absolute atomic E-state index is 9.53. The number of aliphatic hydroxyl groups excluding tert-OH is 1. The van der Waals surface area contributed by atoms with Gasteiger partial charge in [-0.25, -0.2) is 0 Å². The molecule has 0 aliphatic heterocycles. The predicted molar refractivity (Wildman–Crippen MR) is 47.3 cm³/mol. The van der Waals surface area contributed by atoms with Crippen LogP contribution in [0.3, 0.4) is 0 Å². The zero-order chi connectivity index (χ0) is 8.27. The minimum absolute atomic E-state index is 0.142. The Morgan fingerprint density at radius 1 is 1.82 bits per heavy atom. The molecule has 11 heavy (non-hydrogen) atoms. The second-order valence-electron chi connectivity index (χ2n) is 3.31. The van der Waals surface area contributed by atoms with Crippen LogP contribution in [0.25, 0.3) is 0 Å². The van der Waals surface area contributed by atoms with Gasteiger partial charge in [0.2, 0.25) is 0 Å². The average Bonchev–Trinajstić information content (AvgIpc) is 1.98. The highest BCUT2D eigenvalue weighted by Crippen LogP contribution is 2.25. The molecule has 0 fully saturated rings. The van der Waals surface area contributed by atoms with Crippen LogP contribution in [0.5, 0.6) is 0 Å². The molecule has 1 aliphatic carbocycles. The highest BCUT2D eigenvalue weighted by Gasteiger charge is 2.19. The smallest absolute Gasteiger partial charge is 0.0608 e. The second kappa shape index (κ2) is 3.72. The molecule has 0 bridgehead atoms. The molecule has 2 atom stereocenters. The molecule has 1 aliphatic rings. The zero-order valence-corrected chi connectivity index (χ0v) is 7.09. The van der Waals surface area contributed by atoms with Gasteiger partial charge in [0.25, 0.3) is 0 Å². The summed E-state index contributed by atoms with van der Waals surface area (Å²) in [4.78, 5) is 0. The van der Waals surface area contributed by atoms with E-state index in [0.29, 0.717) is 5.92 Å². The van der Waals surface area contributed by atoms with Crippen molar-refractivity contribution in [2.75, 3.05) is 0 Å². The highest BCUT2D eigenvalue weighted by atomic mass is 16.3. The Bertz CT molecular complexity index is 170. The number of hydrogen-bond acceptors (Lipinski definition) is 1. The van der Waals surface area contributed by atoms with Crippen molar-refractivity contribution in [3.63, 3.8) is 0 Å². The summed E-state index contributed by atoms with van der Waals surface area (Å²) in [6.45, 7) is 5.80. The van der Waals surface area contributed by atoms with Gasteiger partial charge in [0, 0.05) is 5.92 Å². The highest BCUT2D eigenvalue weighted by molar-refractivity contribution is 5.08. The van der Waals surface area contributed by atoms with Gasteiger partial charge in [-0.2, -0.15) is 0 Å². The first-order valence-electron chi connectivity index (χ1n) is 4.20. The molecule has 0 saturated carbocycles. The zero-order valence-electron chi connectivity index (χ0n) is 7.09. The van der Waals surface area contributed by atoms with Crippen molar-refractivity contribution < 1.29 is 5.11 Å². The van der Waals surface area contributed by atoms with Gasteiger partial charge in [-0.3, -0.25) is 0 Å². The summed E-state index contributed by atoms with van der Waals surface area (Å²) >= 11 is 0. The largest absolute Gasteiger partial charge is 0.392 e. The Kier molecular flexibility index (Phi) is 2.89. The van der Waals surface area contributed by atoms with Gasteiger partial charge in [-0.1, -0.05) is 17.7 Å². The number of allylic oxidation sites excluding steroid dienone is 2. The van der Waals surface area contributed by atoms with Crippen LogP contribution in [-0.4, -0.2) is 11.2 Å². The summed E-state index contributed by atoms with van der Waals surface area (Å²) in [7, 11) is 0. The van der Waals surface area contributed by atoms with Crippen molar-refractivity contribution in [2.24, 2.45) is 5.92 Å². The Morgan fingerprint density at radius 3 is 3.18 bits per heavy atom. The third-order valence-electron chi connectivity index (χ3n) is 2.27. The molecule has 1 N–H and O–H groups in total. The second-order valence-corrected chi connectivity index (χ2v) is 3.31. The van der Waals surface area contributed by atoms with E-state index in [4.69, 9.17) is 0 Å². The van der Waals surface area contributed by atoms with Crippen molar-refractivity contribution in [3.05, 3.63) is 24.3 Å². The van der Waals surface area contributed by atoms with Gasteiger partial charge < -0.3 is 5.11 Å². The standard InChI is InChI=1S/C10H16O/c1-3-4-9-7-8(2)5-6-10(9)11/h3,7,9-11H,1,4-6H2,2H3/t9-,10+/m1/s1. The summed E-state index contributed by atoms with van der Waals surface area (Å²) in [6.07, 6.45) is 6.78. The normalized spacial score (nSPS) is 31.3. The van der Waals surface area contributed by atoms with Gasteiger partial charge in [0.1, 0.15) is 0 Å². The Hall–Kier alpha value is -0.560. The molecular weight excluding hydrogens is 136 g/mol.